The molecule has 0 radical (unpaired) electrons. The van der Waals surface area contributed by atoms with Crippen LogP contribution in [0.4, 0.5) is 0 Å². The Morgan fingerprint density at radius 2 is 1.63 bits per heavy atom. The Hall–Kier alpha value is -3.52. The molecule has 1 fully saturated rings. The minimum atomic E-state index is -0.494. The third-order valence-corrected chi connectivity index (χ3v) is 6.51. The molecule has 1 unspecified atom stereocenters. The van der Waals surface area contributed by atoms with Gasteiger partial charge in [0.15, 0.2) is 0 Å². The fraction of sp³-hybridized carbons (Fsp3) is 0.407. The van der Waals surface area contributed by atoms with Gasteiger partial charge < -0.3 is 18.6 Å². The summed E-state index contributed by atoms with van der Waals surface area (Å²) in [6.45, 7) is 8.75. The Morgan fingerprint density at radius 1 is 0.914 bits per heavy atom. The van der Waals surface area contributed by atoms with Gasteiger partial charge in [-0.2, -0.15) is 0 Å². The lowest BCUT2D eigenvalue weighted by molar-refractivity contribution is -0.205. The van der Waals surface area contributed by atoms with Crippen LogP contribution in [0.15, 0.2) is 52.9 Å². The van der Waals surface area contributed by atoms with Gasteiger partial charge in [-0.25, -0.2) is 0 Å². The number of carbonyl (C=O) groups is 2. The molecule has 2 aromatic carbocycles. The minimum Gasteiger partial charge on any atom is -0.463 e. The lowest BCUT2D eigenvalue weighted by Gasteiger charge is -2.44. The van der Waals surface area contributed by atoms with Crippen LogP contribution in [-0.2, 0) is 23.8 Å². The molecule has 1 aliphatic rings. The highest BCUT2D eigenvalue weighted by molar-refractivity contribution is 5.68. The number of ether oxygens (including phenoxy) is 3. The second kappa shape index (κ2) is 10.4. The molecule has 2 heterocycles. The molecule has 184 valence electrons. The molecule has 1 saturated heterocycles. The maximum atomic E-state index is 11.9. The van der Waals surface area contributed by atoms with Gasteiger partial charge in [0.25, 0.3) is 0 Å². The van der Waals surface area contributed by atoms with E-state index in [0.717, 1.165) is 22.3 Å². The molecular weight excluding hydrogens is 448 g/mol. The fourth-order valence-corrected chi connectivity index (χ4v) is 4.44. The van der Waals surface area contributed by atoms with Crippen molar-refractivity contribution < 1.29 is 28.2 Å². The van der Waals surface area contributed by atoms with Gasteiger partial charge in [-0.1, -0.05) is 44.2 Å². The molecule has 0 amide bonds. The topological polar surface area (TPSA) is 101 Å². The van der Waals surface area contributed by atoms with Crippen molar-refractivity contribution in [3.8, 4) is 22.6 Å². The zero-order chi connectivity index (χ0) is 25.1. The minimum absolute atomic E-state index is 0.000917. The molecule has 35 heavy (non-hydrogen) atoms. The van der Waals surface area contributed by atoms with Crippen molar-refractivity contribution in [2.24, 2.45) is 11.8 Å². The summed E-state index contributed by atoms with van der Waals surface area (Å²) >= 11 is 0. The first-order chi connectivity index (χ1) is 16.7. The maximum Gasteiger partial charge on any atom is 0.303 e. The van der Waals surface area contributed by atoms with Gasteiger partial charge >= 0.3 is 11.9 Å². The lowest BCUT2D eigenvalue weighted by atomic mass is 9.79. The molecule has 4 rings (SSSR count). The van der Waals surface area contributed by atoms with Crippen molar-refractivity contribution in [1.82, 2.24) is 10.2 Å². The van der Waals surface area contributed by atoms with Crippen LogP contribution >= 0.6 is 0 Å². The smallest absolute Gasteiger partial charge is 0.303 e. The van der Waals surface area contributed by atoms with Crippen molar-refractivity contribution in [2.45, 2.75) is 52.9 Å². The van der Waals surface area contributed by atoms with E-state index in [1.54, 1.807) is 6.92 Å². The summed E-state index contributed by atoms with van der Waals surface area (Å²) in [5.74, 6) is 0.307. The number of esters is 2. The highest BCUT2D eigenvalue weighted by atomic mass is 16.6. The van der Waals surface area contributed by atoms with Gasteiger partial charge in [0, 0.05) is 32.3 Å². The number of benzene rings is 2. The van der Waals surface area contributed by atoms with Crippen molar-refractivity contribution >= 4 is 11.9 Å². The van der Waals surface area contributed by atoms with E-state index in [2.05, 4.69) is 10.2 Å². The number of aromatic nitrogens is 2. The van der Waals surface area contributed by atoms with E-state index in [0.29, 0.717) is 11.8 Å². The summed E-state index contributed by atoms with van der Waals surface area (Å²) < 4.78 is 22.9. The van der Waals surface area contributed by atoms with Gasteiger partial charge in [-0.05, 0) is 40.8 Å². The summed E-state index contributed by atoms with van der Waals surface area (Å²) in [5, 5.41) is 7.95. The zero-order valence-corrected chi connectivity index (χ0v) is 20.6. The SMILES string of the molecule is CC(=O)OC[C@H]1OC(c2cccc(-c3ccc(-c4nnc(C)o4)cc3)c2)[C@@H](OC(C)=O)[C@@H](C)[C@@H]1C. The molecule has 0 N–H and O–H groups in total. The third-order valence-electron chi connectivity index (χ3n) is 6.51. The second-order valence-electron chi connectivity index (χ2n) is 9.02. The van der Waals surface area contributed by atoms with Gasteiger partial charge in [0.2, 0.25) is 11.8 Å². The number of aryl methyl sites for hydroxylation is 1. The van der Waals surface area contributed by atoms with Crippen molar-refractivity contribution in [2.75, 3.05) is 6.61 Å². The average molecular weight is 479 g/mol. The molecule has 8 nitrogen and oxygen atoms in total. The number of carbonyl (C=O) groups excluding carboxylic acids is 2. The predicted octanol–water partition coefficient (Wildman–Crippen LogP) is 4.92. The first-order valence-corrected chi connectivity index (χ1v) is 11.7. The first-order valence-electron chi connectivity index (χ1n) is 11.7. The molecule has 3 aromatic rings. The van der Waals surface area contributed by atoms with E-state index in [9.17, 15) is 9.59 Å². The quantitative estimate of drug-likeness (QED) is 0.460. The van der Waals surface area contributed by atoms with E-state index < -0.39 is 12.2 Å². The first kappa shape index (κ1) is 24.6. The monoisotopic (exact) mass is 478 g/mol. The normalized spacial score (nSPS) is 24.1. The van der Waals surface area contributed by atoms with E-state index in [4.69, 9.17) is 18.6 Å². The second-order valence-corrected chi connectivity index (χ2v) is 9.02. The Labute approximate surface area is 204 Å². The Morgan fingerprint density at radius 3 is 2.26 bits per heavy atom. The van der Waals surface area contributed by atoms with Crippen molar-refractivity contribution in [1.29, 1.82) is 0 Å². The van der Waals surface area contributed by atoms with Crippen molar-refractivity contribution in [3.63, 3.8) is 0 Å². The van der Waals surface area contributed by atoms with Crippen LogP contribution < -0.4 is 0 Å². The molecule has 1 aromatic heterocycles. The summed E-state index contributed by atoms with van der Waals surface area (Å²) in [7, 11) is 0. The van der Waals surface area contributed by atoms with Crippen LogP contribution in [0.25, 0.3) is 22.6 Å². The Balaban J connectivity index is 1.62. The van der Waals surface area contributed by atoms with Gasteiger partial charge in [-0.15, -0.1) is 10.2 Å². The predicted molar refractivity (Wildman–Crippen MR) is 128 cm³/mol. The standard InChI is InChI=1S/C27H30N2O6/c1-15-16(2)25(34-19(5)31)26(35-24(15)14-32-18(4)30)23-8-6-7-22(13-23)20-9-11-21(12-10-20)27-29-28-17(3)33-27/h6-13,15-16,24-26H,14H2,1-5H3/t15-,16-,24+,25-,26?/m0/s1. The molecule has 0 saturated carbocycles. The average Bonchev–Trinajstić information content (AvgIpc) is 3.27. The third kappa shape index (κ3) is 5.59. The molecular formula is C27H30N2O6. The molecule has 0 bridgehead atoms. The Kier molecular flexibility index (Phi) is 7.31. The van der Waals surface area contributed by atoms with Crippen molar-refractivity contribution in [3.05, 3.63) is 60.0 Å². The van der Waals surface area contributed by atoms with E-state index in [1.165, 1.54) is 13.8 Å². The molecule has 0 aliphatic carbocycles. The van der Waals surface area contributed by atoms with E-state index >= 15 is 0 Å². The number of rotatable bonds is 6. The summed E-state index contributed by atoms with van der Waals surface area (Å²) in [6, 6.07) is 15.8. The van der Waals surface area contributed by atoms with Crippen LogP contribution in [0.2, 0.25) is 0 Å². The number of hydrogen-bond donors (Lipinski definition) is 0. The fourth-order valence-electron chi connectivity index (χ4n) is 4.44. The maximum absolute atomic E-state index is 11.9. The largest absolute Gasteiger partial charge is 0.463 e. The molecule has 8 heteroatoms. The molecule has 0 spiro atoms. The number of hydrogen-bond acceptors (Lipinski definition) is 8. The Bertz CT molecular complexity index is 1190. The summed E-state index contributed by atoms with van der Waals surface area (Å²) in [5.41, 5.74) is 3.72. The van der Waals surface area contributed by atoms with E-state index in [-0.39, 0.29) is 36.5 Å². The number of nitrogens with zero attached hydrogens (tertiary/aromatic N) is 2. The summed E-state index contributed by atoms with van der Waals surface area (Å²) in [4.78, 5) is 23.3. The van der Waals surface area contributed by atoms with Crippen LogP contribution in [-0.4, -0.2) is 41.0 Å². The van der Waals surface area contributed by atoms with Crippen LogP contribution in [0.3, 0.4) is 0 Å². The van der Waals surface area contributed by atoms with Crippen LogP contribution in [0.5, 0.6) is 0 Å². The molecule has 5 atom stereocenters. The highest BCUT2D eigenvalue weighted by Crippen LogP contribution is 2.41. The summed E-state index contributed by atoms with van der Waals surface area (Å²) in [6.07, 6.45) is -1.27. The van der Waals surface area contributed by atoms with Gasteiger partial charge in [0.05, 0.1) is 6.10 Å². The van der Waals surface area contributed by atoms with Crippen LogP contribution in [0.1, 0.15) is 45.3 Å². The lowest BCUT2D eigenvalue weighted by Crippen LogP contribution is -2.48. The van der Waals surface area contributed by atoms with E-state index in [1.807, 2.05) is 62.4 Å². The zero-order valence-electron chi connectivity index (χ0n) is 20.6. The molecule has 1 aliphatic heterocycles. The van der Waals surface area contributed by atoms with Crippen LogP contribution in [0, 0.1) is 18.8 Å². The van der Waals surface area contributed by atoms with Gasteiger partial charge in [-0.3, -0.25) is 9.59 Å². The highest BCUT2D eigenvalue weighted by Gasteiger charge is 2.44. The van der Waals surface area contributed by atoms with Gasteiger partial charge in [0.1, 0.15) is 18.8 Å².